The number of nitrogens with one attached hydrogen (secondary N) is 2. The minimum Gasteiger partial charge on any atom is -0.320 e. The van der Waals surface area contributed by atoms with E-state index in [1.807, 2.05) is 0 Å². The fourth-order valence-corrected chi connectivity index (χ4v) is 2.87. The molecule has 124 valence electrons. The van der Waals surface area contributed by atoms with E-state index < -0.39 is 23.1 Å². The number of carbonyl (C=O) groups is 1. The summed E-state index contributed by atoms with van der Waals surface area (Å²) in [6, 6.07) is 1.93. The fourth-order valence-electron chi connectivity index (χ4n) is 1.91. The van der Waals surface area contributed by atoms with E-state index in [4.69, 9.17) is 11.6 Å². The Morgan fingerprint density at radius 2 is 2.09 bits per heavy atom. The summed E-state index contributed by atoms with van der Waals surface area (Å²) in [6.07, 6.45) is 1.98. The fraction of sp³-hybridized carbons (Fsp3) is 0.286. The second-order valence-corrected chi connectivity index (χ2v) is 6.37. The first kappa shape index (κ1) is 17.6. The van der Waals surface area contributed by atoms with Gasteiger partial charge in [-0.2, -0.15) is 0 Å². The van der Waals surface area contributed by atoms with Gasteiger partial charge in [-0.25, -0.2) is 8.78 Å². The van der Waals surface area contributed by atoms with E-state index in [1.165, 1.54) is 10.8 Å². The molecule has 0 bridgehead atoms. The second kappa shape index (κ2) is 7.67. The standard InChI is InChI=1S/C14H14ClF2N3O2S/c1-18-3-2-4-20-7-8(5-10(17)14(20)22)19-13(21)11-6-9(16)12(15)23-11/h5-7,18H,2-4H2,1H3,(H,19,21). The van der Waals surface area contributed by atoms with Crippen LogP contribution >= 0.6 is 22.9 Å². The third-order valence-electron chi connectivity index (χ3n) is 2.99. The van der Waals surface area contributed by atoms with Crippen LogP contribution in [0.4, 0.5) is 14.5 Å². The topological polar surface area (TPSA) is 63.1 Å². The van der Waals surface area contributed by atoms with E-state index in [0.717, 1.165) is 23.5 Å². The summed E-state index contributed by atoms with van der Waals surface area (Å²) in [5.74, 6) is -2.28. The van der Waals surface area contributed by atoms with E-state index in [0.29, 0.717) is 19.5 Å². The van der Waals surface area contributed by atoms with E-state index >= 15 is 0 Å². The average molecular weight is 362 g/mol. The average Bonchev–Trinajstić information content (AvgIpc) is 2.84. The van der Waals surface area contributed by atoms with Gasteiger partial charge < -0.3 is 15.2 Å². The number of hydrogen-bond acceptors (Lipinski definition) is 4. The number of pyridine rings is 1. The number of thiophene rings is 1. The number of anilines is 1. The van der Waals surface area contributed by atoms with Gasteiger partial charge in [-0.05, 0) is 26.1 Å². The van der Waals surface area contributed by atoms with Gasteiger partial charge in [0.15, 0.2) is 11.6 Å². The molecule has 0 atom stereocenters. The molecule has 0 unspecified atom stereocenters. The molecule has 2 rings (SSSR count). The molecular formula is C14H14ClF2N3O2S. The van der Waals surface area contributed by atoms with E-state index in [-0.39, 0.29) is 14.9 Å². The Hall–Kier alpha value is -1.77. The Kier molecular flexibility index (Phi) is 5.86. The normalized spacial score (nSPS) is 10.8. The van der Waals surface area contributed by atoms with Gasteiger partial charge >= 0.3 is 0 Å². The van der Waals surface area contributed by atoms with Gasteiger partial charge in [-0.1, -0.05) is 11.6 Å². The minimum absolute atomic E-state index is 0.0563. The van der Waals surface area contributed by atoms with Crippen molar-refractivity contribution in [1.29, 1.82) is 0 Å². The van der Waals surface area contributed by atoms with Crippen LogP contribution in [0.25, 0.3) is 0 Å². The predicted octanol–water partition coefficient (Wildman–Crippen LogP) is 2.70. The highest BCUT2D eigenvalue weighted by molar-refractivity contribution is 7.18. The molecule has 9 heteroatoms. The van der Waals surface area contributed by atoms with E-state index in [9.17, 15) is 18.4 Å². The van der Waals surface area contributed by atoms with Crippen LogP contribution in [0.15, 0.2) is 23.1 Å². The number of nitrogens with zero attached hydrogens (tertiary/aromatic N) is 1. The summed E-state index contributed by atoms with van der Waals surface area (Å²) < 4.78 is 27.9. The molecule has 1 amide bonds. The highest BCUT2D eigenvalue weighted by atomic mass is 35.5. The van der Waals surface area contributed by atoms with Crippen molar-refractivity contribution in [3.63, 3.8) is 0 Å². The van der Waals surface area contributed by atoms with Gasteiger partial charge in [0.05, 0.1) is 10.6 Å². The van der Waals surface area contributed by atoms with E-state index in [1.54, 1.807) is 7.05 Å². The Morgan fingerprint density at radius 1 is 1.35 bits per heavy atom. The minimum atomic E-state index is -0.970. The van der Waals surface area contributed by atoms with Crippen molar-refractivity contribution in [2.24, 2.45) is 0 Å². The molecule has 2 heterocycles. The molecule has 0 radical (unpaired) electrons. The summed E-state index contributed by atoms with van der Waals surface area (Å²) in [4.78, 5) is 23.8. The zero-order chi connectivity index (χ0) is 17.0. The highest BCUT2D eigenvalue weighted by Crippen LogP contribution is 2.26. The summed E-state index contributed by atoms with van der Waals surface area (Å²) >= 11 is 6.35. The van der Waals surface area contributed by atoms with Crippen molar-refractivity contribution in [1.82, 2.24) is 9.88 Å². The van der Waals surface area contributed by atoms with Crippen molar-refractivity contribution in [3.8, 4) is 0 Å². The van der Waals surface area contributed by atoms with Gasteiger partial charge in [-0.15, -0.1) is 11.3 Å². The SMILES string of the molecule is CNCCCn1cc(NC(=O)c2cc(F)c(Cl)s2)cc(F)c1=O. The van der Waals surface area contributed by atoms with Crippen LogP contribution < -0.4 is 16.2 Å². The molecule has 0 aliphatic carbocycles. The maximum atomic E-state index is 13.7. The van der Waals surface area contributed by atoms with Gasteiger partial charge in [-0.3, -0.25) is 9.59 Å². The lowest BCUT2D eigenvalue weighted by Crippen LogP contribution is -2.25. The summed E-state index contributed by atoms with van der Waals surface area (Å²) in [5.41, 5.74) is -0.647. The number of hydrogen-bond donors (Lipinski definition) is 2. The molecule has 2 aromatic rings. The molecule has 5 nitrogen and oxygen atoms in total. The maximum absolute atomic E-state index is 13.7. The zero-order valence-electron chi connectivity index (χ0n) is 12.2. The molecule has 0 fully saturated rings. The smallest absolute Gasteiger partial charge is 0.286 e. The quantitative estimate of drug-likeness (QED) is 0.778. The zero-order valence-corrected chi connectivity index (χ0v) is 13.7. The van der Waals surface area contributed by atoms with Gasteiger partial charge in [0.1, 0.15) is 4.34 Å². The first-order valence-electron chi connectivity index (χ1n) is 6.73. The molecule has 2 N–H and O–H groups in total. The van der Waals surface area contributed by atoms with Crippen LogP contribution in [0.5, 0.6) is 0 Å². The number of rotatable bonds is 6. The van der Waals surface area contributed by atoms with Crippen molar-refractivity contribution in [2.45, 2.75) is 13.0 Å². The first-order chi connectivity index (χ1) is 10.9. The highest BCUT2D eigenvalue weighted by Gasteiger charge is 2.15. The monoisotopic (exact) mass is 361 g/mol. The predicted molar refractivity (Wildman–Crippen MR) is 86.4 cm³/mol. The van der Waals surface area contributed by atoms with Crippen LogP contribution in [0, 0.1) is 11.6 Å². The Morgan fingerprint density at radius 3 is 2.70 bits per heavy atom. The Balaban J connectivity index is 2.19. The van der Waals surface area contributed by atoms with Gasteiger partial charge in [0.25, 0.3) is 11.5 Å². The van der Waals surface area contributed by atoms with Crippen molar-refractivity contribution < 1.29 is 13.6 Å². The van der Waals surface area contributed by atoms with Crippen LogP contribution in [-0.4, -0.2) is 24.1 Å². The largest absolute Gasteiger partial charge is 0.320 e. The number of aromatic nitrogens is 1. The molecule has 0 saturated carbocycles. The van der Waals surface area contributed by atoms with Gasteiger partial charge in [0.2, 0.25) is 0 Å². The van der Waals surface area contributed by atoms with Crippen molar-refractivity contribution in [2.75, 3.05) is 18.9 Å². The molecule has 0 spiro atoms. The third kappa shape index (κ3) is 4.37. The second-order valence-electron chi connectivity index (χ2n) is 4.72. The molecule has 23 heavy (non-hydrogen) atoms. The van der Waals surface area contributed by atoms with E-state index in [2.05, 4.69) is 10.6 Å². The van der Waals surface area contributed by atoms with Crippen LogP contribution in [0.1, 0.15) is 16.1 Å². The molecule has 0 aromatic carbocycles. The summed E-state index contributed by atoms with van der Waals surface area (Å²) in [7, 11) is 1.77. The van der Waals surface area contributed by atoms with Crippen LogP contribution in [0.3, 0.4) is 0 Å². The number of carbonyl (C=O) groups excluding carboxylic acids is 1. The van der Waals surface area contributed by atoms with Crippen LogP contribution in [-0.2, 0) is 6.54 Å². The number of amides is 1. The molecule has 2 aromatic heterocycles. The first-order valence-corrected chi connectivity index (χ1v) is 7.92. The molecule has 0 saturated heterocycles. The van der Waals surface area contributed by atoms with Crippen molar-refractivity contribution >= 4 is 34.5 Å². The maximum Gasteiger partial charge on any atom is 0.286 e. The molecule has 0 aliphatic heterocycles. The van der Waals surface area contributed by atoms with Gasteiger partial charge in [0, 0.05) is 18.8 Å². The van der Waals surface area contributed by atoms with Crippen molar-refractivity contribution in [3.05, 3.63) is 49.5 Å². The lowest BCUT2D eigenvalue weighted by atomic mass is 10.3. The Bertz CT molecular complexity index is 756. The lowest BCUT2D eigenvalue weighted by molar-refractivity contribution is 0.103. The number of aryl methyl sites for hydroxylation is 1. The molecule has 0 aliphatic rings. The summed E-state index contributed by atoms with van der Waals surface area (Å²) in [6.45, 7) is 0.970. The third-order valence-corrected chi connectivity index (χ3v) is 4.30. The molecular weight excluding hydrogens is 348 g/mol. The lowest BCUT2D eigenvalue weighted by Gasteiger charge is -2.09. The van der Waals surface area contributed by atoms with Crippen LogP contribution in [0.2, 0.25) is 4.34 Å². The number of halogens is 3. The Labute approximate surface area is 139 Å². The summed E-state index contributed by atoms with van der Waals surface area (Å²) in [5, 5.41) is 5.35.